The zero-order chi connectivity index (χ0) is 19.3. The fraction of sp³-hybridized carbons (Fsp3) is 0.333. The van der Waals surface area contributed by atoms with Gasteiger partial charge in [0.15, 0.2) is 11.5 Å². The Morgan fingerprint density at radius 3 is 2.86 bits per heavy atom. The van der Waals surface area contributed by atoms with E-state index in [0.29, 0.717) is 42.6 Å². The fourth-order valence-electron chi connectivity index (χ4n) is 3.29. The number of amides is 2. The molecule has 7 heteroatoms. The van der Waals surface area contributed by atoms with Crippen LogP contribution in [0.15, 0.2) is 42.5 Å². The lowest BCUT2D eigenvalue weighted by atomic mass is 10.1. The average molecular weight is 398 g/mol. The predicted molar refractivity (Wildman–Crippen MR) is 110 cm³/mol. The van der Waals surface area contributed by atoms with E-state index in [1.165, 1.54) is 11.8 Å². The van der Waals surface area contributed by atoms with Crippen LogP contribution < -0.4 is 20.1 Å². The van der Waals surface area contributed by atoms with Crippen LogP contribution >= 0.6 is 11.8 Å². The van der Waals surface area contributed by atoms with Crippen molar-refractivity contribution >= 4 is 35.0 Å². The third kappa shape index (κ3) is 4.42. The molecule has 0 unspecified atom stereocenters. The van der Waals surface area contributed by atoms with Crippen LogP contribution in [0.1, 0.15) is 18.4 Å². The van der Waals surface area contributed by atoms with Crippen molar-refractivity contribution in [1.29, 1.82) is 0 Å². The van der Waals surface area contributed by atoms with Crippen molar-refractivity contribution in [2.24, 2.45) is 0 Å². The van der Waals surface area contributed by atoms with Gasteiger partial charge in [0.25, 0.3) is 0 Å². The minimum Gasteiger partial charge on any atom is -0.486 e. The number of rotatable bonds is 5. The van der Waals surface area contributed by atoms with Crippen LogP contribution in [0, 0.1) is 0 Å². The summed E-state index contributed by atoms with van der Waals surface area (Å²) in [5.41, 5.74) is 2.74. The lowest BCUT2D eigenvalue weighted by Crippen LogP contribution is -2.24. The van der Waals surface area contributed by atoms with E-state index >= 15 is 0 Å². The molecule has 2 aromatic rings. The molecule has 146 valence electrons. The summed E-state index contributed by atoms with van der Waals surface area (Å²) in [7, 11) is 0. The number of carbonyl (C=O) groups excluding carboxylic acids is 2. The van der Waals surface area contributed by atoms with Gasteiger partial charge in [-0.2, -0.15) is 0 Å². The van der Waals surface area contributed by atoms with Gasteiger partial charge >= 0.3 is 0 Å². The highest BCUT2D eigenvalue weighted by atomic mass is 32.2. The number of benzene rings is 2. The Morgan fingerprint density at radius 2 is 1.96 bits per heavy atom. The maximum atomic E-state index is 12.4. The highest BCUT2D eigenvalue weighted by Gasteiger charge is 2.24. The smallest absolute Gasteiger partial charge is 0.237 e. The number of nitrogens with one attached hydrogen (secondary N) is 2. The number of para-hydroxylation sites is 1. The SMILES string of the molecule is O=C(CCS[C@@H]1CCc2ccccc2NC1=O)Nc1ccc2c(c1)OCCO2. The number of ether oxygens (including phenoxy) is 2. The molecule has 0 fully saturated rings. The Hall–Kier alpha value is -2.67. The normalized spacial score (nSPS) is 17.9. The van der Waals surface area contributed by atoms with Gasteiger partial charge in [0.2, 0.25) is 11.8 Å². The second-order valence-electron chi connectivity index (χ2n) is 6.70. The van der Waals surface area contributed by atoms with Gasteiger partial charge in [-0.25, -0.2) is 0 Å². The Balaban J connectivity index is 1.26. The third-order valence-electron chi connectivity index (χ3n) is 4.72. The second-order valence-corrected chi connectivity index (χ2v) is 8.01. The monoisotopic (exact) mass is 398 g/mol. The van der Waals surface area contributed by atoms with Gasteiger partial charge in [-0.05, 0) is 36.6 Å². The van der Waals surface area contributed by atoms with E-state index in [1.54, 1.807) is 18.2 Å². The Bertz CT molecular complexity index is 886. The van der Waals surface area contributed by atoms with E-state index < -0.39 is 0 Å². The zero-order valence-corrected chi connectivity index (χ0v) is 16.2. The van der Waals surface area contributed by atoms with Crippen molar-refractivity contribution in [2.75, 3.05) is 29.6 Å². The van der Waals surface area contributed by atoms with Gasteiger partial charge in [0.1, 0.15) is 13.2 Å². The molecule has 2 aliphatic rings. The molecule has 0 spiro atoms. The topological polar surface area (TPSA) is 76.7 Å². The molecule has 0 aromatic heterocycles. The molecule has 2 aliphatic heterocycles. The minimum absolute atomic E-state index is 0.0159. The molecule has 0 saturated carbocycles. The van der Waals surface area contributed by atoms with E-state index in [1.807, 2.05) is 24.3 Å². The molecule has 2 N–H and O–H groups in total. The fourth-order valence-corrected chi connectivity index (χ4v) is 4.37. The lowest BCUT2D eigenvalue weighted by Gasteiger charge is -2.19. The molecule has 28 heavy (non-hydrogen) atoms. The average Bonchev–Trinajstić information content (AvgIpc) is 2.86. The molecule has 4 rings (SSSR count). The van der Waals surface area contributed by atoms with E-state index in [4.69, 9.17) is 9.47 Å². The van der Waals surface area contributed by atoms with Crippen LogP contribution in [0.25, 0.3) is 0 Å². The summed E-state index contributed by atoms with van der Waals surface area (Å²) in [4.78, 5) is 24.7. The number of carbonyl (C=O) groups is 2. The Morgan fingerprint density at radius 1 is 1.14 bits per heavy atom. The summed E-state index contributed by atoms with van der Waals surface area (Å²) in [6, 6.07) is 13.3. The van der Waals surface area contributed by atoms with Crippen LogP contribution in [0.5, 0.6) is 11.5 Å². The first-order valence-corrected chi connectivity index (χ1v) is 10.4. The van der Waals surface area contributed by atoms with Crippen molar-refractivity contribution in [3.05, 3.63) is 48.0 Å². The first-order chi connectivity index (χ1) is 13.7. The molecule has 1 atom stereocenters. The lowest BCUT2D eigenvalue weighted by molar-refractivity contribution is -0.116. The first kappa shape index (κ1) is 18.7. The quantitative estimate of drug-likeness (QED) is 0.807. The first-order valence-electron chi connectivity index (χ1n) is 9.39. The van der Waals surface area contributed by atoms with Crippen molar-refractivity contribution in [1.82, 2.24) is 0 Å². The summed E-state index contributed by atoms with van der Waals surface area (Å²) in [5.74, 6) is 1.86. The van der Waals surface area contributed by atoms with Crippen LogP contribution in [-0.2, 0) is 16.0 Å². The van der Waals surface area contributed by atoms with Crippen LogP contribution in [-0.4, -0.2) is 36.0 Å². The number of anilines is 2. The highest BCUT2D eigenvalue weighted by molar-refractivity contribution is 8.00. The Kier molecular flexibility index (Phi) is 5.71. The predicted octanol–water partition coefficient (Wildman–Crippen LogP) is 3.47. The van der Waals surface area contributed by atoms with E-state index in [2.05, 4.69) is 10.6 Å². The van der Waals surface area contributed by atoms with Gasteiger partial charge < -0.3 is 20.1 Å². The standard InChI is InChI=1S/C21H22N2O4S/c24-20(22-15-6-7-17-18(13-15)27-11-10-26-17)9-12-28-19-8-5-14-3-1-2-4-16(14)23-21(19)25/h1-4,6-7,13,19H,5,8-12H2,(H,22,24)(H,23,25)/t19-/m1/s1. The number of fused-ring (bicyclic) bond motifs is 2. The molecule has 0 radical (unpaired) electrons. The maximum absolute atomic E-state index is 12.4. The van der Waals surface area contributed by atoms with Crippen molar-refractivity contribution < 1.29 is 19.1 Å². The molecule has 2 amide bonds. The summed E-state index contributed by atoms with van der Waals surface area (Å²) >= 11 is 1.53. The summed E-state index contributed by atoms with van der Waals surface area (Å²) in [6.07, 6.45) is 1.98. The van der Waals surface area contributed by atoms with Gasteiger partial charge in [-0.1, -0.05) is 18.2 Å². The Labute approximate surface area is 168 Å². The van der Waals surface area contributed by atoms with Gasteiger partial charge in [0.05, 0.1) is 5.25 Å². The second kappa shape index (κ2) is 8.56. The molecular formula is C21H22N2O4S. The molecule has 0 bridgehead atoms. The molecule has 0 aliphatic carbocycles. The van der Waals surface area contributed by atoms with Crippen molar-refractivity contribution in [3.63, 3.8) is 0 Å². The summed E-state index contributed by atoms with van der Waals surface area (Å²) in [5, 5.41) is 5.73. The number of hydrogen-bond donors (Lipinski definition) is 2. The minimum atomic E-state index is -0.144. The molecule has 2 heterocycles. The molecule has 6 nitrogen and oxygen atoms in total. The van der Waals surface area contributed by atoms with E-state index in [-0.39, 0.29) is 17.1 Å². The van der Waals surface area contributed by atoms with Crippen LogP contribution in [0.4, 0.5) is 11.4 Å². The third-order valence-corrected chi connectivity index (χ3v) is 6.01. The number of aryl methyl sites for hydroxylation is 1. The van der Waals surface area contributed by atoms with Gasteiger partial charge in [-0.3, -0.25) is 9.59 Å². The van der Waals surface area contributed by atoms with Crippen LogP contribution in [0.2, 0.25) is 0 Å². The summed E-state index contributed by atoms with van der Waals surface area (Å²) in [6.45, 7) is 1.05. The van der Waals surface area contributed by atoms with Crippen molar-refractivity contribution in [2.45, 2.75) is 24.5 Å². The zero-order valence-electron chi connectivity index (χ0n) is 15.4. The van der Waals surface area contributed by atoms with Crippen LogP contribution in [0.3, 0.4) is 0 Å². The maximum Gasteiger partial charge on any atom is 0.237 e. The van der Waals surface area contributed by atoms with E-state index in [9.17, 15) is 9.59 Å². The number of thioether (sulfide) groups is 1. The number of hydrogen-bond acceptors (Lipinski definition) is 5. The highest BCUT2D eigenvalue weighted by Crippen LogP contribution is 2.33. The van der Waals surface area contributed by atoms with Crippen molar-refractivity contribution in [3.8, 4) is 11.5 Å². The van der Waals surface area contributed by atoms with Gasteiger partial charge in [-0.15, -0.1) is 11.8 Å². The largest absolute Gasteiger partial charge is 0.486 e. The summed E-state index contributed by atoms with van der Waals surface area (Å²) < 4.78 is 11.0. The molecule has 2 aromatic carbocycles. The van der Waals surface area contributed by atoms with E-state index in [0.717, 1.165) is 24.1 Å². The molecule has 0 saturated heterocycles. The van der Waals surface area contributed by atoms with Gasteiger partial charge in [0, 0.05) is 29.6 Å². The molecular weight excluding hydrogens is 376 g/mol.